The van der Waals surface area contributed by atoms with Gasteiger partial charge in [0, 0.05) is 12.1 Å². The number of nitriles is 2. The van der Waals surface area contributed by atoms with Gasteiger partial charge in [0.2, 0.25) is 5.71 Å². The summed E-state index contributed by atoms with van der Waals surface area (Å²) in [5.74, 6) is 0.547. The molecule has 1 N–H and O–H groups in total. The highest BCUT2D eigenvalue weighted by molar-refractivity contribution is 6.10. The molecule has 9 heteroatoms. The summed E-state index contributed by atoms with van der Waals surface area (Å²) in [6.07, 6.45) is 1.43. The van der Waals surface area contributed by atoms with Gasteiger partial charge in [-0.2, -0.15) is 15.6 Å². The van der Waals surface area contributed by atoms with Gasteiger partial charge in [-0.1, -0.05) is 0 Å². The predicted molar refractivity (Wildman–Crippen MR) is 68.0 cm³/mol. The van der Waals surface area contributed by atoms with E-state index >= 15 is 0 Å². The average molecular weight is 268 g/mol. The van der Waals surface area contributed by atoms with Gasteiger partial charge in [-0.25, -0.2) is 4.68 Å². The van der Waals surface area contributed by atoms with Crippen molar-refractivity contribution in [1.29, 1.82) is 10.5 Å². The van der Waals surface area contributed by atoms with E-state index < -0.39 is 0 Å². The number of aromatic nitrogens is 4. The van der Waals surface area contributed by atoms with Gasteiger partial charge < -0.3 is 4.74 Å². The van der Waals surface area contributed by atoms with Gasteiger partial charge in [0.1, 0.15) is 24.2 Å². The van der Waals surface area contributed by atoms with Crippen molar-refractivity contribution >= 4 is 11.4 Å². The Hall–Kier alpha value is -3.46. The summed E-state index contributed by atoms with van der Waals surface area (Å²) in [6, 6.07) is 8.37. The topological polar surface area (TPSA) is 125 Å². The first-order valence-electron chi connectivity index (χ1n) is 5.33. The smallest absolute Gasteiger partial charge is 0.237 e. The summed E-state index contributed by atoms with van der Waals surface area (Å²) in [5.41, 5.74) is 3.49. The number of nitrogens with one attached hydrogen (secondary N) is 1. The Morgan fingerprint density at radius 2 is 2.15 bits per heavy atom. The van der Waals surface area contributed by atoms with Crippen LogP contribution in [0.3, 0.4) is 0 Å². The van der Waals surface area contributed by atoms with E-state index in [-0.39, 0.29) is 5.71 Å². The van der Waals surface area contributed by atoms with E-state index in [1.165, 1.54) is 18.1 Å². The molecular weight excluding hydrogens is 260 g/mol. The van der Waals surface area contributed by atoms with Crippen LogP contribution in [0.4, 0.5) is 5.69 Å². The molecule has 0 radical (unpaired) electrons. The molecule has 0 unspecified atom stereocenters. The maximum Gasteiger partial charge on any atom is 0.237 e. The maximum atomic E-state index is 8.61. The molecule has 98 valence electrons. The SMILES string of the molecule is COc1cc(NN=C(C#N)C#N)cc(-n2cnnn2)c1. The molecule has 0 aliphatic rings. The third-order valence-electron chi connectivity index (χ3n) is 2.25. The number of hydrogen-bond acceptors (Lipinski definition) is 8. The number of rotatable bonds is 4. The largest absolute Gasteiger partial charge is 0.497 e. The molecule has 0 saturated heterocycles. The number of nitrogens with zero attached hydrogens (tertiary/aromatic N) is 7. The fourth-order valence-electron chi connectivity index (χ4n) is 1.37. The molecule has 9 nitrogen and oxygen atoms in total. The van der Waals surface area contributed by atoms with E-state index in [1.54, 1.807) is 30.3 Å². The average Bonchev–Trinajstić information content (AvgIpc) is 3.02. The quantitative estimate of drug-likeness (QED) is 0.631. The Morgan fingerprint density at radius 3 is 2.75 bits per heavy atom. The molecule has 0 fully saturated rings. The zero-order chi connectivity index (χ0) is 14.4. The number of ether oxygens (including phenoxy) is 1. The fraction of sp³-hybridized carbons (Fsp3) is 0.0909. The number of benzene rings is 1. The normalized spacial score (nSPS) is 9.15. The molecule has 1 heterocycles. The predicted octanol–water partition coefficient (Wildman–Crippen LogP) is 0.486. The van der Waals surface area contributed by atoms with Crippen molar-refractivity contribution in [2.75, 3.05) is 12.5 Å². The Labute approximate surface area is 113 Å². The van der Waals surface area contributed by atoms with E-state index in [0.29, 0.717) is 17.1 Å². The van der Waals surface area contributed by atoms with Crippen LogP contribution in [0.1, 0.15) is 0 Å². The molecule has 0 bridgehead atoms. The van der Waals surface area contributed by atoms with Gasteiger partial charge in [-0.05, 0) is 16.5 Å². The van der Waals surface area contributed by atoms with Crippen molar-refractivity contribution in [2.24, 2.45) is 5.10 Å². The van der Waals surface area contributed by atoms with Crippen LogP contribution in [-0.4, -0.2) is 33.0 Å². The number of methoxy groups -OCH3 is 1. The van der Waals surface area contributed by atoms with E-state index in [2.05, 4.69) is 26.1 Å². The Morgan fingerprint density at radius 1 is 1.35 bits per heavy atom. The second kappa shape index (κ2) is 5.93. The summed E-state index contributed by atoms with van der Waals surface area (Å²) in [7, 11) is 1.52. The van der Waals surface area contributed by atoms with Gasteiger partial charge >= 0.3 is 0 Å². The van der Waals surface area contributed by atoms with Crippen LogP contribution in [0.15, 0.2) is 29.6 Å². The lowest BCUT2D eigenvalue weighted by Crippen LogP contribution is -2.00. The highest BCUT2D eigenvalue weighted by Crippen LogP contribution is 2.22. The first kappa shape index (κ1) is 13.0. The summed E-state index contributed by atoms with van der Waals surface area (Å²) in [5, 5.41) is 31.7. The Bertz CT molecular complexity index is 691. The maximum absolute atomic E-state index is 8.61. The number of hydrazone groups is 1. The molecule has 0 amide bonds. The number of anilines is 1. The van der Waals surface area contributed by atoms with Crippen molar-refractivity contribution in [3.05, 3.63) is 24.5 Å². The molecule has 0 aliphatic carbocycles. The summed E-state index contributed by atoms with van der Waals surface area (Å²) >= 11 is 0. The minimum atomic E-state index is -0.281. The minimum absolute atomic E-state index is 0.281. The van der Waals surface area contributed by atoms with Gasteiger partial charge in [-0.15, -0.1) is 5.10 Å². The standard InChI is InChI=1S/C11H8N8O/c1-20-11-3-8(15-16-9(5-12)6-13)2-10(4-11)19-7-14-17-18-19/h2-4,7,15H,1H3. The third kappa shape index (κ3) is 2.86. The van der Waals surface area contributed by atoms with E-state index in [4.69, 9.17) is 15.3 Å². The Balaban J connectivity index is 2.35. The lowest BCUT2D eigenvalue weighted by atomic mass is 10.2. The van der Waals surface area contributed by atoms with E-state index in [1.807, 2.05) is 0 Å². The van der Waals surface area contributed by atoms with Crippen LogP contribution < -0.4 is 10.2 Å². The first-order valence-corrected chi connectivity index (χ1v) is 5.33. The van der Waals surface area contributed by atoms with Crippen LogP contribution in [0, 0.1) is 22.7 Å². The Kier molecular flexibility index (Phi) is 3.85. The van der Waals surface area contributed by atoms with Crippen LogP contribution in [0.2, 0.25) is 0 Å². The van der Waals surface area contributed by atoms with Crippen molar-refractivity contribution in [3.63, 3.8) is 0 Å². The van der Waals surface area contributed by atoms with Crippen LogP contribution in [0.25, 0.3) is 5.69 Å². The number of hydrogen-bond donors (Lipinski definition) is 1. The molecule has 1 aromatic carbocycles. The van der Waals surface area contributed by atoms with Crippen molar-refractivity contribution < 1.29 is 4.74 Å². The van der Waals surface area contributed by atoms with Crippen molar-refractivity contribution in [2.45, 2.75) is 0 Å². The fourth-order valence-corrected chi connectivity index (χ4v) is 1.37. The van der Waals surface area contributed by atoms with Gasteiger partial charge in [0.05, 0.1) is 18.5 Å². The van der Waals surface area contributed by atoms with Crippen LogP contribution in [-0.2, 0) is 0 Å². The molecule has 0 spiro atoms. The van der Waals surface area contributed by atoms with Gasteiger partial charge in [0.15, 0.2) is 0 Å². The summed E-state index contributed by atoms with van der Waals surface area (Å²) < 4.78 is 6.59. The molecule has 0 saturated carbocycles. The van der Waals surface area contributed by atoms with Crippen LogP contribution in [0.5, 0.6) is 5.75 Å². The monoisotopic (exact) mass is 268 g/mol. The molecule has 0 atom stereocenters. The molecule has 2 rings (SSSR count). The number of tetrazole rings is 1. The summed E-state index contributed by atoms with van der Waals surface area (Å²) in [6.45, 7) is 0. The van der Waals surface area contributed by atoms with Crippen LogP contribution >= 0.6 is 0 Å². The van der Waals surface area contributed by atoms with E-state index in [9.17, 15) is 0 Å². The lowest BCUT2D eigenvalue weighted by molar-refractivity contribution is 0.414. The van der Waals surface area contributed by atoms with Gasteiger partial charge in [-0.3, -0.25) is 5.43 Å². The molecule has 20 heavy (non-hydrogen) atoms. The van der Waals surface area contributed by atoms with Gasteiger partial charge in [0.25, 0.3) is 0 Å². The second-order valence-corrected chi connectivity index (χ2v) is 3.47. The third-order valence-corrected chi connectivity index (χ3v) is 2.25. The molecule has 2 aromatic rings. The summed E-state index contributed by atoms with van der Waals surface area (Å²) in [4.78, 5) is 0. The highest BCUT2D eigenvalue weighted by Gasteiger charge is 2.04. The zero-order valence-electron chi connectivity index (χ0n) is 10.3. The minimum Gasteiger partial charge on any atom is -0.497 e. The molecule has 1 aromatic heterocycles. The molecule has 0 aliphatic heterocycles. The van der Waals surface area contributed by atoms with E-state index in [0.717, 1.165) is 0 Å². The second-order valence-electron chi connectivity index (χ2n) is 3.47. The first-order chi connectivity index (χ1) is 9.76. The van der Waals surface area contributed by atoms with Crippen molar-refractivity contribution in [1.82, 2.24) is 20.2 Å². The molecular formula is C11H8N8O. The van der Waals surface area contributed by atoms with Crippen molar-refractivity contribution in [3.8, 4) is 23.6 Å². The highest BCUT2D eigenvalue weighted by atomic mass is 16.5. The zero-order valence-corrected chi connectivity index (χ0v) is 10.3. The lowest BCUT2D eigenvalue weighted by Gasteiger charge is -2.07.